The number of thiazole rings is 1. The van der Waals surface area contributed by atoms with Crippen molar-refractivity contribution < 1.29 is 13.6 Å². The predicted octanol–water partition coefficient (Wildman–Crippen LogP) is 3.81. The van der Waals surface area contributed by atoms with Crippen molar-refractivity contribution >= 4 is 44.4 Å². The van der Waals surface area contributed by atoms with E-state index in [9.17, 15) is 13.6 Å². The number of amides is 1. The van der Waals surface area contributed by atoms with Gasteiger partial charge in [-0.3, -0.25) is 15.6 Å². The monoisotopic (exact) mass is 351 g/mol. The number of halogens is 2. The van der Waals surface area contributed by atoms with Crippen LogP contribution in [0, 0.1) is 11.6 Å². The van der Waals surface area contributed by atoms with Crippen molar-refractivity contribution in [1.82, 2.24) is 10.4 Å². The molecule has 0 saturated heterocycles. The second-order valence-corrected chi connectivity index (χ2v) is 6.63. The number of aromatic nitrogens is 1. The van der Waals surface area contributed by atoms with Crippen molar-refractivity contribution in [3.05, 3.63) is 54.1 Å². The Kier molecular flexibility index (Phi) is 4.73. The fourth-order valence-electron chi connectivity index (χ4n) is 1.79. The zero-order valence-corrected chi connectivity index (χ0v) is 13.3. The van der Waals surface area contributed by atoms with Crippen LogP contribution in [0.15, 0.2) is 47.4 Å². The highest BCUT2D eigenvalue weighted by molar-refractivity contribution is 8.00. The molecule has 2 aromatic carbocycles. The Morgan fingerprint density at radius 1 is 1.13 bits per heavy atom. The molecule has 0 fully saturated rings. The van der Waals surface area contributed by atoms with Crippen LogP contribution in [0.3, 0.4) is 0 Å². The van der Waals surface area contributed by atoms with E-state index < -0.39 is 0 Å². The number of benzene rings is 2. The molecule has 1 aromatic heterocycles. The van der Waals surface area contributed by atoms with Crippen molar-refractivity contribution in [1.29, 1.82) is 0 Å². The Bertz CT molecular complexity index is 836. The van der Waals surface area contributed by atoms with Gasteiger partial charge in [0.2, 0.25) is 11.0 Å². The van der Waals surface area contributed by atoms with Gasteiger partial charge in [0.05, 0.1) is 16.0 Å². The van der Waals surface area contributed by atoms with Gasteiger partial charge in [0.1, 0.15) is 11.6 Å². The molecule has 4 nitrogen and oxygen atoms in total. The number of carbonyl (C=O) groups is 1. The molecule has 0 radical (unpaired) electrons. The van der Waals surface area contributed by atoms with Gasteiger partial charge in [0, 0.05) is 4.90 Å². The van der Waals surface area contributed by atoms with Crippen molar-refractivity contribution in [3.8, 4) is 0 Å². The van der Waals surface area contributed by atoms with Crippen LogP contribution < -0.4 is 10.9 Å². The van der Waals surface area contributed by atoms with E-state index in [0.717, 1.165) is 4.90 Å². The number of hydrogen-bond acceptors (Lipinski definition) is 5. The number of thioether (sulfide) groups is 1. The fourth-order valence-corrected chi connectivity index (χ4v) is 3.33. The molecule has 118 valence electrons. The number of carbonyl (C=O) groups excluding carboxylic acids is 1. The Morgan fingerprint density at radius 2 is 1.87 bits per heavy atom. The summed E-state index contributed by atoms with van der Waals surface area (Å²) in [5.41, 5.74) is 5.90. The van der Waals surface area contributed by atoms with Crippen LogP contribution in [0.5, 0.6) is 0 Å². The SMILES string of the molecule is O=C(CSc1ccc(F)cc1)NNc1nc2ccc(F)cc2s1. The third-order valence-corrected chi connectivity index (χ3v) is 4.79. The normalized spacial score (nSPS) is 10.7. The first kappa shape index (κ1) is 15.7. The highest BCUT2D eigenvalue weighted by atomic mass is 32.2. The van der Waals surface area contributed by atoms with E-state index in [4.69, 9.17) is 0 Å². The maximum absolute atomic E-state index is 13.1. The number of hydrazine groups is 1. The van der Waals surface area contributed by atoms with Gasteiger partial charge in [-0.1, -0.05) is 11.3 Å². The quantitative estimate of drug-likeness (QED) is 0.542. The number of nitrogens with zero attached hydrogens (tertiary/aromatic N) is 1. The molecule has 0 aliphatic rings. The Hall–Kier alpha value is -2.19. The van der Waals surface area contributed by atoms with Crippen LogP contribution in [0.1, 0.15) is 0 Å². The molecule has 0 aliphatic carbocycles. The molecule has 0 atom stereocenters. The van der Waals surface area contributed by atoms with Gasteiger partial charge in [-0.25, -0.2) is 13.8 Å². The summed E-state index contributed by atoms with van der Waals surface area (Å²) >= 11 is 2.54. The maximum Gasteiger partial charge on any atom is 0.248 e. The zero-order chi connectivity index (χ0) is 16.2. The molecular weight excluding hydrogens is 340 g/mol. The summed E-state index contributed by atoms with van der Waals surface area (Å²) in [6.07, 6.45) is 0. The van der Waals surface area contributed by atoms with Crippen LogP contribution in [-0.4, -0.2) is 16.6 Å². The second-order valence-electron chi connectivity index (χ2n) is 4.55. The molecule has 2 N–H and O–H groups in total. The van der Waals surface area contributed by atoms with Crippen LogP contribution in [0.2, 0.25) is 0 Å². The second kappa shape index (κ2) is 6.93. The fraction of sp³-hybridized carbons (Fsp3) is 0.0667. The van der Waals surface area contributed by atoms with Crippen LogP contribution in [0.4, 0.5) is 13.9 Å². The summed E-state index contributed by atoms with van der Waals surface area (Å²) in [6, 6.07) is 10.2. The summed E-state index contributed by atoms with van der Waals surface area (Å²) in [7, 11) is 0. The molecule has 1 amide bonds. The molecule has 3 aromatic rings. The third kappa shape index (κ3) is 4.17. The minimum absolute atomic E-state index is 0.179. The third-order valence-electron chi connectivity index (χ3n) is 2.84. The summed E-state index contributed by atoms with van der Waals surface area (Å²) in [5.74, 6) is -0.706. The Morgan fingerprint density at radius 3 is 2.65 bits per heavy atom. The summed E-state index contributed by atoms with van der Waals surface area (Å²) in [4.78, 5) is 16.8. The van der Waals surface area contributed by atoms with Crippen LogP contribution >= 0.6 is 23.1 Å². The Balaban J connectivity index is 1.52. The van der Waals surface area contributed by atoms with Crippen LogP contribution in [-0.2, 0) is 4.79 Å². The highest BCUT2D eigenvalue weighted by Gasteiger charge is 2.07. The largest absolute Gasteiger partial charge is 0.273 e. The topological polar surface area (TPSA) is 54.0 Å². The smallest absolute Gasteiger partial charge is 0.248 e. The first-order valence-corrected chi connectivity index (χ1v) is 8.40. The molecule has 23 heavy (non-hydrogen) atoms. The van der Waals surface area contributed by atoms with Gasteiger partial charge in [0.25, 0.3) is 0 Å². The van der Waals surface area contributed by atoms with Gasteiger partial charge in [0.15, 0.2) is 0 Å². The number of nitrogens with one attached hydrogen (secondary N) is 2. The molecule has 8 heteroatoms. The maximum atomic E-state index is 13.1. The van der Waals surface area contributed by atoms with Crippen molar-refractivity contribution in [2.75, 3.05) is 11.2 Å². The molecule has 1 heterocycles. The van der Waals surface area contributed by atoms with Crippen molar-refractivity contribution in [2.24, 2.45) is 0 Å². The van der Waals surface area contributed by atoms with E-state index >= 15 is 0 Å². The molecule has 0 bridgehead atoms. The van der Waals surface area contributed by atoms with E-state index in [2.05, 4.69) is 15.8 Å². The highest BCUT2D eigenvalue weighted by Crippen LogP contribution is 2.26. The van der Waals surface area contributed by atoms with Gasteiger partial charge >= 0.3 is 0 Å². The summed E-state index contributed by atoms with van der Waals surface area (Å²) in [5, 5.41) is 0.478. The zero-order valence-electron chi connectivity index (χ0n) is 11.7. The van der Waals surface area contributed by atoms with E-state index in [0.29, 0.717) is 15.3 Å². The molecule has 0 spiro atoms. The summed E-state index contributed by atoms with van der Waals surface area (Å²) < 4.78 is 26.6. The Labute approximate surface area is 138 Å². The van der Waals surface area contributed by atoms with Gasteiger partial charge in [-0.15, -0.1) is 11.8 Å². The number of anilines is 1. The van der Waals surface area contributed by atoms with Crippen LogP contribution in [0.25, 0.3) is 10.2 Å². The lowest BCUT2D eigenvalue weighted by Gasteiger charge is -2.05. The lowest BCUT2D eigenvalue weighted by Crippen LogP contribution is -2.30. The van der Waals surface area contributed by atoms with Gasteiger partial charge < -0.3 is 0 Å². The number of hydrogen-bond donors (Lipinski definition) is 2. The van der Waals surface area contributed by atoms with Crippen molar-refractivity contribution in [3.63, 3.8) is 0 Å². The van der Waals surface area contributed by atoms with Crippen molar-refractivity contribution in [2.45, 2.75) is 4.90 Å². The predicted molar refractivity (Wildman–Crippen MR) is 88.5 cm³/mol. The standard InChI is InChI=1S/C15H11F2N3OS2/c16-9-1-4-11(5-2-9)22-8-14(21)19-20-15-18-12-6-3-10(17)7-13(12)23-15/h1-7H,8H2,(H,18,20)(H,19,21). The number of fused-ring (bicyclic) bond motifs is 1. The lowest BCUT2D eigenvalue weighted by molar-refractivity contribution is -0.118. The molecule has 0 aliphatic heterocycles. The first-order chi connectivity index (χ1) is 11.1. The molecular formula is C15H11F2N3OS2. The lowest BCUT2D eigenvalue weighted by atomic mass is 10.3. The van der Waals surface area contributed by atoms with Gasteiger partial charge in [-0.05, 0) is 42.5 Å². The summed E-state index contributed by atoms with van der Waals surface area (Å²) in [6.45, 7) is 0. The number of rotatable bonds is 5. The minimum Gasteiger partial charge on any atom is -0.273 e. The minimum atomic E-state index is -0.326. The van der Waals surface area contributed by atoms with E-state index in [-0.39, 0.29) is 23.3 Å². The van der Waals surface area contributed by atoms with E-state index in [1.54, 1.807) is 18.2 Å². The molecule has 0 unspecified atom stereocenters. The first-order valence-electron chi connectivity index (χ1n) is 6.59. The van der Waals surface area contributed by atoms with E-state index in [1.807, 2.05) is 0 Å². The van der Waals surface area contributed by atoms with Gasteiger partial charge in [-0.2, -0.15) is 0 Å². The molecule has 0 saturated carbocycles. The average Bonchev–Trinajstić information content (AvgIpc) is 2.94. The van der Waals surface area contributed by atoms with E-state index in [1.165, 1.54) is 47.4 Å². The average molecular weight is 351 g/mol. The molecule has 3 rings (SSSR count).